The fourth-order valence-electron chi connectivity index (χ4n) is 9.85. The van der Waals surface area contributed by atoms with Crippen molar-refractivity contribution >= 4 is 45.6 Å². The van der Waals surface area contributed by atoms with E-state index in [0.717, 1.165) is 76.2 Å². The third-order valence-electron chi connectivity index (χ3n) is 12.7. The molecule has 6 fully saturated rings. The van der Waals surface area contributed by atoms with Gasteiger partial charge in [0.05, 0.1) is 61.6 Å². The summed E-state index contributed by atoms with van der Waals surface area (Å²) in [6, 6.07) is 2.02. The van der Waals surface area contributed by atoms with E-state index in [1.165, 1.54) is 26.4 Å². The molecule has 0 spiro atoms. The molecule has 0 unspecified atom stereocenters. The number of pyridine rings is 2. The largest absolute Gasteiger partial charge is 0.469 e. The molecule has 4 N–H and O–H groups in total. The van der Waals surface area contributed by atoms with Gasteiger partial charge in [-0.05, 0) is 87.2 Å². The van der Waals surface area contributed by atoms with Gasteiger partial charge >= 0.3 is 11.9 Å². The molecule has 16 nitrogen and oxygen atoms in total. The van der Waals surface area contributed by atoms with E-state index in [1.54, 1.807) is 0 Å². The van der Waals surface area contributed by atoms with Gasteiger partial charge < -0.3 is 20.1 Å². The zero-order chi connectivity index (χ0) is 41.7. The molecule has 0 aromatic carbocycles. The number of ether oxygens (including phenoxy) is 2. The predicted octanol–water partition coefficient (Wildman–Crippen LogP) is 6.17. The first-order valence-electron chi connectivity index (χ1n) is 19.8. The van der Waals surface area contributed by atoms with E-state index in [4.69, 9.17) is 9.47 Å². The third-order valence-corrected chi connectivity index (χ3v) is 12.7. The van der Waals surface area contributed by atoms with Crippen LogP contribution in [-0.4, -0.2) is 88.5 Å². The first-order chi connectivity index (χ1) is 29.1. The summed E-state index contributed by atoms with van der Waals surface area (Å²) in [5, 5.41) is 20.6. The molecule has 6 aromatic heterocycles. The van der Waals surface area contributed by atoms with Crippen LogP contribution in [0.2, 0.25) is 0 Å². The van der Waals surface area contributed by atoms with Crippen molar-refractivity contribution in [2.75, 3.05) is 24.9 Å². The second kappa shape index (κ2) is 16.0. The van der Waals surface area contributed by atoms with Crippen LogP contribution in [0.3, 0.4) is 0 Å². The number of esters is 2. The van der Waals surface area contributed by atoms with Crippen molar-refractivity contribution in [2.45, 2.75) is 63.5 Å². The van der Waals surface area contributed by atoms with Crippen molar-refractivity contribution in [1.82, 2.24) is 50.3 Å². The van der Waals surface area contributed by atoms with Gasteiger partial charge in [-0.1, -0.05) is 0 Å². The number of carbonyl (C=O) groups excluding carboxylic acids is 2. The molecule has 0 aliphatic heterocycles. The number of rotatable bonds is 8. The summed E-state index contributed by atoms with van der Waals surface area (Å²) in [6.45, 7) is 0. The highest BCUT2D eigenvalue weighted by atomic mass is 19.1. The maximum atomic E-state index is 14.6. The lowest BCUT2D eigenvalue weighted by atomic mass is 9.61. The van der Waals surface area contributed by atoms with Gasteiger partial charge in [-0.15, -0.1) is 0 Å². The first kappa shape index (κ1) is 39.1. The summed E-state index contributed by atoms with van der Waals surface area (Å²) in [4.78, 5) is 49.4. The molecule has 20 heteroatoms. The number of anilines is 2. The van der Waals surface area contributed by atoms with E-state index in [1.807, 2.05) is 0 Å². The molecule has 4 atom stereocenters. The molecule has 6 saturated carbocycles. The van der Waals surface area contributed by atoms with Crippen LogP contribution in [0.4, 0.5) is 29.2 Å². The van der Waals surface area contributed by atoms with Crippen molar-refractivity contribution in [3.8, 4) is 23.0 Å². The van der Waals surface area contributed by atoms with Gasteiger partial charge in [-0.25, -0.2) is 47.5 Å². The highest BCUT2D eigenvalue weighted by molar-refractivity contribution is 5.89. The van der Waals surface area contributed by atoms with Gasteiger partial charge in [-0.3, -0.25) is 19.8 Å². The number of aromatic nitrogens is 10. The molecule has 6 heterocycles. The smallest absolute Gasteiger partial charge is 0.311 e. The topological polar surface area (TPSA) is 211 Å². The molecule has 60 heavy (non-hydrogen) atoms. The van der Waals surface area contributed by atoms with Crippen molar-refractivity contribution in [3.05, 3.63) is 60.2 Å². The number of nitrogens with zero attached hydrogens (tertiary/aromatic N) is 8. The van der Waals surface area contributed by atoms with Crippen molar-refractivity contribution in [1.29, 1.82) is 0 Å². The lowest BCUT2D eigenvalue weighted by Gasteiger charge is -2.47. The number of halogens is 4. The molecule has 0 saturated heterocycles. The Morgan fingerprint density at radius 2 is 0.967 bits per heavy atom. The summed E-state index contributed by atoms with van der Waals surface area (Å²) in [5.41, 5.74) is 1.30. The zero-order valence-electron chi connectivity index (χ0n) is 32.5. The Balaban J connectivity index is 0.000000154. The first-order valence-corrected chi connectivity index (χ1v) is 19.8. The van der Waals surface area contributed by atoms with Gasteiger partial charge in [-0.2, -0.15) is 10.2 Å². The lowest BCUT2D eigenvalue weighted by molar-refractivity contribution is -0.152. The summed E-state index contributed by atoms with van der Waals surface area (Å²) in [5.74, 6) is -2.32. The Kier molecular flexibility index (Phi) is 10.5. The Morgan fingerprint density at radius 3 is 1.35 bits per heavy atom. The quantitative estimate of drug-likeness (QED) is 0.1000. The maximum Gasteiger partial charge on any atom is 0.311 e. The SMILES string of the molecule is COC(=O)[C@@H]1C2CCC(CC2)[C@H]1Nc1nc(-c2[nH]nc3ncc(F)cc23)ncc1F.COC(=O)[C@H]1C2CCC(CC2)[C@@H]1Nc1nc(-c2[nH]nc3ncc(F)cc23)ncc1F. The van der Waals surface area contributed by atoms with E-state index < -0.39 is 23.3 Å². The van der Waals surface area contributed by atoms with Crippen LogP contribution in [0.25, 0.3) is 45.1 Å². The second-order valence-electron chi connectivity index (χ2n) is 15.8. The molecular formula is C40H40F4N12O4. The van der Waals surface area contributed by atoms with Crippen LogP contribution in [0.15, 0.2) is 36.9 Å². The summed E-state index contributed by atoms with van der Waals surface area (Å²) in [7, 11) is 2.75. The third kappa shape index (κ3) is 7.20. The number of aromatic amines is 2. The predicted molar refractivity (Wildman–Crippen MR) is 206 cm³/mol. The molecule has 6 aliphatic rings. The lowest BCUT2D eigenvalue weighted by Crippen LogP contribution is -2.52. The number of carbonyl (C=O) groups is 2. The molecule has 6 aromatic rings. The zero-order valence-corrected chi connectivity index (χ0v) is 32.5. The van der Waals surface area contributed by atoms with Gasteiger partial charge in [0.2, 0.25) is 0 Å². The normalized spacial score (nSPS) is 25.4. The minimum absolute atomic E-state index is 0.00133. The fraction of sp³-hybridized carbons (Fsp3) is 0.450. The number of H-pyrrole nitrogens is 2. The number of nitrogens with one attached hydrogen (secondary N) is 4. The Bertz CT molecular complexity index is 2400. The number of hydrogen-bond donors (Lipinski definition) is 4. The highest BCUT2D eigenvalue weighted by Gasteiger charge is 2.49. The highest BCUT2D eigenvalue weighted by Crippen LogP contribution is 2.48. The minimum atomic E-state index is -0.628. The van der Waals surface area contributed by atoms with E-state index in [-0.39, 0.29) is 82.8 Å². The Morgan fingerprint density at radius 1 is 0.583 bits per heavy atom. The van der Waals surface area contributed by atoms with Gasteiger partial charge in [0.15, 0.2) is 46.2 Å². The van der Waals surface area contributed by atoms with E-state index in [2.05, 4.69) is 60.9 Å². The summed E-state index contributed by atoms with van der Waals surface area (Å²) >= 11 is 0. The Labute approximate surface area is 339 Å². The van der Waals surface area contributed by atoms with Crippen LogP contribution >= 0.6 is 0 Å². The monoisotopic (exact) mass is 828 g/mol. The average molecular weight is 829 g/mol. The van der Waals surface area contributed by atoms with Crippen molar-refractivity contribution in [3.63, 3.8) is 0 Å². The Hall–Kier alpha value is -6.34. The van der Waals surface area contributed by atoms with Gasteiger partial charge in [0, 0.05) is 12.1 Å². The summed E-state index contributed by atoms with van der Waals surface area (Å²) in [6.07, 6.45) is 12.0. The molecule has 4 bridgehead atoms. The van der Waals surface area contributed by atoms with Crippen LogP contribution in [0, 0.1) is 58.8 Å². The van der Waals surface area contributed by atoms with Gasteiger partial charge in [0.25, 0.3) is 0 Å². The van der Waals surface area contributed by atoms with Gasteiger partial charge in [0.1, 0.15) is 23.0 Å². The second-order valence-corrected chi connectivity index (χ2v) is 15.8. The fourth-order valence-corrected chi connectivity index (χ4v) is 9.85. The van der Waals surface area contributed by atoms with E-state index in [0.29, 0.717) is 33.5 Å². The molecule has 6 aliphatic carbocycles. The van der Waals surface area contributed by atoms with Crippen LogP contribution in [0.1, 0.15) is 51.4 Å². The standard InChI is InChI=1S/2C20H20F2N6O2/c2*1-30-20(29)14-9-2-4-10(5-3-9)15(14)25-18-13(22)8-24-19(26-18)16-12-6-11(21)7-23-17(12)28-27-16/h2*6-10,14-15H,2-5H2,1H3,(H,23,27,28)(H,24,25,26)/t2*9?,10?,14-,15-/m10/s1. The number of methoxy groups -OCH3 is 2. The number of hydrogen-bond acceptors (Lipinski definition) is 14. The number of fused-ring (bicyclic) bond motifs is 8. The maximum absolute atomic E-state index is 14.6. The van der Waals surface area contributed by atoms with Crippen molar-refractivity contribution in [2.24, 2.45) is 35.5 Å². The molecule has 12 rings (SSSR count). The molecule has 312 valence electrons. The molecule has 0 amide bonds. The van der Waals surface area contributed by atoms with Crippen LogP contribution < -0.4 is 10.6 Å². The van der Waals surface area contributed by atoms with E-state index in [9.17, 15) is 27.2 Å². The molecular weight excluding hydrogens is 789 g/mol. The van der Waals surface area contributed by atoms with Crippen LogP contribution in [-0.2, 0) is 19.1 Å². The molecule has 0 radical (unpaired) electrons. The average Bonchev–Trinajstić information content (AvgIpc) is 3.89. The van der Waals surface area contributed by atoms with Crippen LogP contribution in [0.5, 0.6) is 0 Å². The summed E-state index contributed by atoms with van der Waals surface area (Å²) < 4.78 is 66.5. The van der Waals surface area contributed by atoms with E-state index >= 15 is 0 Å². The van der Waals surface area contributed by atoms with Crippen molar-refractivity contribution < 1.29 is 36.6 Å². The minimum Gasteiger partial charge on any atom is -0.469 e.